The van der Waals surface area contributed by atoms with Crippen molar-refractivity contribution in [1.82, 2.24) is 14.8 Å². The van der Waals surface area contributed by atoms with E-state index in [2.05, 4.69) is 35.5 Å². The molecule has 0 bridgehead atoms. The van der Waals surface area contributed by atoms with Crippen LogP contribution in [0.2, 0.25) is 5.02 Å². The van der Waals surface area contributed by atoms with Crippen LogP contribution in [-0.2, 0) is 12.0 Å². The maximum atomic E-state index is 5.97. The molecule has 0 amide bonds. The molecule has 90 valence electrons. The molecule has 0 spiro atoms. The number of aromatic nitrogens is 3. The minimum Gasteiger partial charge on any atom is -0.312 e. The summed E-state index contributed by atoms with van der Waals surface area (Å²) >= 11 is 5.97. The maximum absolute atomic E-state index is 5.97. The van der Waals surface area contributed by atoms with Crippen LogP contribution in [0.1, 0.15) is 32.2 Å². The zero-order valence-corrected chi connectivity index (χ0v) is 11.1. The Kier molecular flexibility index (Phi) is 3.20. The van der Waals surface area contributed by atoms with Gasteiger partial charge in [-0.2, -0.15) is 0 Å². The smallest absolute Gasteiger partial charge is 0.137 e. The highest BCUT2D eigenvalue weighted by molar-refractivity contribution is 6.30. The van der Waals surface area contributed by atoms with Gasteiger partial charge in [0.25, 0.3) is 0 Å². The molecule has 0 atom stereocenters. The Morgan fingerprint density at radius 1 is 1.29 bits per heavy atom. The van der Waals surface area contributed by atoms with E-state index in [-0.39, 0.29) is 5.54 Å². The molecule has 17 heavy (non-hydrogen) atoms. The number of hydrogen-bond donors (Lipinski definition) is 0. The molecule has 2 aromatic rings. The molecule has 2 rings (SSSR count). The van der Waals surface area contributed by atoms with Gasteiger partial charge in [-0.15, -0.1) is 10.2 Å². The first-order valence-electron chi connectivity index (χ1n) is 5.60. The molecule has 1 aromatic carbocycles. The van der Waals surface area contributed by atoms with E-state index in [4.69, 9.17) is 11.6 Å². The summed E-state index contributed by atoms with van der Waals surface area (Å²) in [6.07, 6.45) is 2.53. The van der Waals surface area contributed by atoms with Crippen LogP contribution in [0, 0.1) is 0 Å². The van der Waals surface area contributed by atoms with Crippen LogP contribution in [0.15, 0.2) is 30.6 Å². The molecule has 0 aliphatic rings. The summed E-state index contributed by atoms with van der Waals surface area (Å²) in [6, 6.07) is 7.84. The number of rotatable bonds is 2. The lowest BCUT2D eigenvalue weighted by molar-refractivity contribution is 0.384. The normalized spacial score (nSPS) is 11.8. The van der Waals surface area contributed by atoms with Gasteiger partial charge >= 0.3 is 0 Å². The zero-order valence-electron chi connectivity index (χ0n) is 10.3. The lowest BCUT2D eigenvalue weighted by atomic mass is 10.1. The van der Waals surface area contributed by atoms with Crippen LogP contribution in [0.25, 0.3) is 0 Å². The van der Waals surface area contributed by atoms with Crippen molar-refractivity contribution in [3.05, 3.63) is 47.0 Å². The van der Waals surface area contributed by atoms with Crippen LogP contribution in [0.3, 0.4) is 0 Å². The van der Waals surface area contributed by atoms with E-state index in [1.807, 2.05) is 24.3 Å². The molecule has 1 heterocycles. The highest BCUT2D eigenvalue weighted by Crippen LogP contribution is 2.18. The molecular formula is C13H16ClN3. The number of nitrogens with zero attached hydrogens (tertiary/aromatic N) is 3. The van der Waals surface area contributed by atoms with Crippen molar-refractivity contribution in [3.63, 3.8) is 0 Å². The lowest BCUT2D eigenvalue weighted by Crippen LogP contribution is -2.23. The van der Waals surface area contributed by atoms with Crippen molar-refractivity contribution in [2.24, 2.45) is 0 Å². The fourth-order valence-corrected chi connectivity index (χ4v) is 1.98. The highest BCUT2D eigenvalue weighted by atomic mass is 35.5. The summed E-state index contributed by atoms with van der Waals surface area (Å²) in [6.45, 7) is 6.41. The summed E-state index contributed by atoms with van der Waals surface area (Å²) in [5, 5.41) is 8.92. The average Bonchev–Trinajstić information content (AvgIpc) is 2.65. The van der Waals surface area contributed by atoms with Gasteiger partial charge in [0.1, 0.15) is 12.2 Å². The van der Waals surface area contributed by atoms with Crippen molar-refractivity contribution in [2.45, 2.75) is 32.7 Å². The van der Waals surface area contributed by atoms with Crippen molar-refractivity contribution in [3.8, 4) is 0 Å². The zero-order chi connectivity index (χ0) is 12.5. The first kappa shape index (κ1) is 12.1. The third-order valence-electron chi connectivity index (χ3n) is 2.59. The van der Waals surface area contributed by atoms with Crippen molar-refractivity contribution < 1.29 is 0 Å². The minimum atomic E-state index is -0.00257. The molecule has 0 saturated heterocycles. The third-order valence-corrected chi connectivity index (χ3v) is 2.83. The first-order chi connectivity index (χ1) is 7.97. The summed E-state index contributed by atoms with van der Waals surface area (Å²) in [7, 11) is 0. The summed E-state index contributed by atoms with van der Waals surface area (Å²) in [5.74, 6) is 0.958. The Morgan fingerprint density at radius 3 is 2.71 bits per heavy atom. The van der Waals surface area contributed by atoms with Gasteiger partial charge in [-0.05, 0) is 38.5 Å². The van der Waals surface area contributed by atoms with Crippen molar-refractivity contribution >= 4 is 11.6 Å². The van der Waals surface area contributed by atoms with E-state index >= 15 is 0 Å². The third kappa shape index (κ3) is 2.86. The average molecular weight is 250 g/mol. The van der Waals surface area contributed by atoms with Gasteiger partial charge in [0.2, 0.25) is 0 Å². The number of benzene rings is 1. The molecule has 3 nitrogen and oxygen atoms in total. The molecule has 0 aliphatic carbocycles. The second-order valence-electron chi connectivity index (χ2n) is 5.09. The second kappa shape index (κ2) is 4.49. The van der Waals surface area contributed by atoms with E-state index in [0.29, 0.717) is 0 Å². The van der Waals surface area contributed by atoms with Gasteiger partial charge in [0, 0.05) is 17.0 Å². The highest BCUT2D eigenvalue weighted by Gasteiger charge is 2.17. The second-order valence-corrected chi connectivity index (χ2v) is 5.53. The van der Waals surface area contributed by atoms with E-state index in [0.717, 1.165) is 22.8 Å². The molecule has 1 aromatic heterocycles. The SMILES string of the molecule is CC(C)(C)n1cnnc1Cc1cccc(Cl)c1. The summed E-state index contributed by atoms with van der Waals surface area (Å²) in [4.78, 5) is 0. The number of hydrogen-bond acceptors (Lipinski definition) is 2. The van der Waals surface area contributed by atoms with Gasteiger partial charge in [0.15, 0.2) is 0 Å². The molecular weight excluding hydrogens is 234 g/mol. The first-order valence-corrected chi connectivity index (χ1v) is 5.98. The van der Waals surface area contributed by atoms with Crippen molar-refractivity contribution in [2.75, 3.05) is 0 Å². The predicted molar refractivity (Wildman–Crippen MR) is 69.3 cm³/mol. The van der Waals surface area contributed by atoms with Crippen LogP contribution in [0.4, 0.5) is 0 Å². The Bertz CT molecular complexity index is 511. The monoisotopic (exact) mass is 249 g/mol. The van der Waals surface area contributed by atoms with E-state index in [1.54, 1.807) is 6.33 Å². The fraction of sp³-hybridized carbons (Fsp3) is 0.385. The van der Waals surface area contributed by atoms with Gasteiger partial charge in [-0.25, -0.2) is 0 Å². The molecule has 0 radical (unpaired) electrons. The standard InChI is InChI=1S/C13H16ClN3/c1-13(2,3)17-9-15-16-12(17)8-10-5-4-6-11(14)7-10/h4-7,9H,8H2,1-3H3. The fourth-order valence-electron chi connectivity index (χ4n) is 1.77. The van der Waals surface area contributed by atoms with Crippen LogP contribution in [0.5, 0.6) is 0 Å². The largest absolute Gasteiger partial charge is 0.312 e. The van der Waals surface area contributed by atoms with E-state index in [9.17, 15) is 0 Å². The van der Waals surface area contributed by atoms with Crippen LogP contribution < -0.4 is 0 Å². The molecule has 0 saturated carbocycles. The van der Waals surface area contributed by atoms with Crippen molar-refractivity contribution in [1.29, 1.82) is 0 Å². The maximum Gasteiger partial charge on any atom is 0.137 e. The molecule has 0 fully saturated rings. The molecule has 0 N–H and O–H groups in total. The molecule has 0 unspecified atom stereocenters. The van der Waals surface area contributed by atoms with E-state index in [1.165, 1.54) is 0 Å². The Morgan fingerprint density at radius 2 is 2.06 bits per heavy atom. The van der Waals surface area contributed by atoms with Gasteiger partial charge < -0.3 is 4.57 Å². The summed E-state index contributed by atoms with van der Waals surface area (Å²) < 4.78 is 2.09. The minimum absolute atomic E-state index is 0.00257. The van der Waals surface area contributed by atoms with Crippen LogP contribution >= 0.6 is 11.6 Å². The Labute approximate surface area is 106 Å². The molecule has 4 heteroatoms. The predicted octanol–water partition coefficient (Wildman–Crippen LogP) is 3.28. The van der Waals surface area contributed by atoms with Gasteiger partial charge in [-0.1, -0.05) is 23.7 Å². The Hall–Kier alpha value is -1.35. The van der Waals surface area contributed by atoms with Crippen LogP contribution in [-0.4, -0.2) is 14.8 Å². The molecule has 0 aliphatic heterocycles. The summed E-state index contributed by atoms with van der Waals surface area (Å²) in [5.41, 5.74) is 1.15. The van der Waals surface area contributed by atoms with Gasteiger partial charge in [-0.3, -0.25) is 0 Å². The quantitative estimate of drug-likeness (QED) is 0.818. The Balaban J connectivity index is 2.28. The van der Waals surface area contributed by atoms with Gasteiger partial charge in [0.05, 0.1) is 0 Å². The van der Waals surface area contributed by atoms with E-state index < -0.39 is 0 Å². The lowest BCUT2D eigenvalue weighted by Gasteiger charge is -2.22. The topological polar surface area (TPSA) is 30.7 Å². The number of halogens is 1.